The van der Waals surface area contributed by atoms with Gasteiger partial charge < -0.3 is 20.0 Å². The molecule has 96 valence electrons. The molecule has 0 amide bonds. The largest absolute Gasteiger partial charge is 1.00 e. The van der Waals surface area contributed by atoms with E-state index in [4.69, 9.17) is 0 Å². The van der Waals surface area contributed by atoms with Crippen LogP contribution in [0.5, 0.6) is 0 Å². The predicted molar refractivity (Wildman–Crippen MR) is 63.1 cm³/mol. The van der Waals surface area contributed by atoms with Crippen LogP contribution in [0.1, 0.15) is 18.5 Å². The monoisotopic (exact) mass is 271 g/mol. The third-order valence-electron chi connectivity index (χ3n) is 2.28. The molecule has 1 rings (SSSR count). The Labute approximate surface area is 133 Å². The Morgan fingerprint density at radius 3 is 2.37 bits per heavy atom. The van der Waals surface area contributed by atoms with E-state index in [-0.39, 0.29) is 29.6 Å². The maximum absolute atomic E-state index is 11.1. The molecule has 0 aliphatic heterocycles. The second-order valence-electron chi connectivity index (χ2n) is 3.66. The van der Waals surface area contributed by atoms with Crippen molar-refractivity contribution in [3.63, 3.8) is 0 Å². The van der Waals surface area contributed by atoms with Crippen molar-refractivity contribution in [2.24, 2.45) is 0 Å². The van der Waals surface area contributed by atoms with E-state index in [2.05, 4.69) is 10.1 Å². The number of carboxylic acids is 1. The molecule has 0 aliphatic carbocycles. The van der Waals surface area contributed by atoms with E-state index in [0.717, 1.165) is 0 Å². The summed E-state index contributed by atoms with van der Waals surface area (Å²) in [5.74, 6) is -1.82. The van der Waals surface area contributed by atoms with Crippen LogP contribution in [-0.4, -0.2) is 19.0 Å². The van der Waals surface area contributed by atoms with Gasteiger partial charge in [-0.3, -0.25) is 0 Å². The Bertz CT molecular complexity index is 459. The Hall–Kier alpha value is -1.30. The van der Waals surface area contributed by atoms with Gasteiger partial charge in [-0.15, -0.1) is 0 Å². The second kappa shape index (κ2) is 8.74. The summed E-state index contributed by atoms with van der Waals surface area (Å²) in [4.78, 5) is 22.1. The van der Waals surface area contributed by atoms with Crippen molar-refractivity contribution >= 4 is 11.9 Å². The first kappa shape index (κ1) is 17.7. The van der Waals surface area contributed by atoms with Crippen LogP contribution in [0.4, 0.5) is 0 Å². The van der Waals surface area contributed by atoms with E-state index in [0.29, 0.717) is 11.3 Å². The number of ether oxygens (including phenoxy) is 1. The molecule has 1 N–H and O–H groups in total. The van der Waals surface area contributed by atoms with E-state index >= 15 is 0 Å². The minimum atomic E-state index is -1.26. The van der Waals surface area contributed by atoms with Gasteiger partial charge in [-0.05, 0) is 12.5 Å². The molecular formula is C13H14NNaO4. The first-order chi connectivity index (χ1) is 8.54. The topological polar surface area (TPSA) is 78.5 Å². The number of hydrogen-bond acceptors (Lipinski definition) is 5. The van der Waals surface area contributed by atoms with Crippen LogP contribution in [0.2, 0.25) is 0 Å². The molecule has 6 heteroatoms. The first-order valence-corrected chi connectivity index (χ1v) is 5.33. The van der Waals surface area contributed by atoms with E-state index in [9.17, 15) is 14.7 Å². The molecule has 1 aromatic rings. The summed E-state index contributed by atoms with van der Waals surface area (Å²) in [5, 5.41) is 13.8. The molecule has 19 heavy (non-hydrogen) atoms. The van der Waals surface area contributed by atoms with Gasteiger partial charge in [0.15, 0.2) is 0 Å². The number of allylic oxidation sites excluding steroid dienone is 1. The van der Waals surface area contributed by atoms with Gasteiger partial charge in [0, 0.05) is 11.8 Å². The maximum atomic E-state index is 11.1. The normalized spacial score (nSPS) is 12.0. The Morgan fingerprint density at radius 2 is 1.89 bits per heavy atom. The second-order valence-corrected chi connectivity index (χ2v) is 3.66. The average molecular weight is 271 g/mol. The van der Waals surface area contributed by atoms with E-state index in [1.165, 1.54) is 13.2 Å². The van der Waals surface area contributed by atoms with Crippen molar-refractivity contribution < 1.29 is 49.0 Å². The zero-order valence-corrected chi connectivity index (χ0v) is 13.2. The smallest absolute Gasteiger partial charge is 0.548 e. The molecule has 5 nitrogen and oxygen atoms in total. The third kappa shape index (κ3) is 5.92. The fourth-order valence-electron chi connectivity index (χ4n) is 1.43. The molecule has 0 fully saturated rings. The molecule has 0 bridgehead atoms. The number of hydrogen-bond donors (Lipinski definition) is 1. The van der Waals surface area contributed by atoms with Crippen molar-refractivity contribution in [1.29, 1.82) is 0 Å². The number of rotatable bonds is 5. The van der Waals surface area contributed by atoms with Crippen molar-refractivity contribution in [2.45, 2.75) is 13.0 Å². The van der Waals surface area contributed by atoms with E-state index < -0.39 is 18.0 Å². The molecule has 0 saturated heterocycles. The molecule has 1 unspecified atom stereocenters. The predicted octanol–water partition coefficient (Wildman–Crippen LogP) is -2.85. The molecule has 0 aromatic heterocycles. The number of aliphatic carboxylic acids is 1. The summed E-state index contributed by atoms with van der Waals surface area (Å²) in [7, 11) is 1.25. The molecular weight excluding hydrogens is 257 g/mol. The van der Waals surface area contributed by atoms with Gasteiger partial charge >= 0.3 is 35.5 Å². The van der Waals surface area contributed by atoms with E-state index in [1.54, 1.807) is 37.3 Å². The number of carbonyl (C=O) groups excluding carboxylic acids is 2. The number of esters is 1. The molecule has 1 atom stereocenters. The Balaban J connectivity index is 0.00000324. The molecule has 0 saturated carbocycles. The fraction of sp³-hybridized carbons (Fsp3) is 0.231. The number of benzene rings is 1. The minimum absolute atomic E-state index is 0. The van der Waals surface area contributed by atoms with Gasteiger partial charge in [0.05, 0.1) is 19.1 Å². The third-order valence-corrected chi connectivity index (χ3v) is 2.28. The van der Waals surface area contributed by atoms with Crippen LogP contribution >= 0.6 is 0 Å². The minimum Gasteiger partial charge on any atom is -0.548 e. The summed E-state index contributed by atoms with van der Waals surface area (Å²) in [6, 6.07) is 7.57. The summed E-state index contributed by atoms with van der Waals surface area (Å²) in [6.07, 6.45) is 1.18. The van der Waals surface area contributed by atoms with Crippen LogP contribution in [0.15, 0.2) is 42.1 Å². The van der Waals surface area contributed by atoms with Crippen LogP contribution in [0, 0.1) is 0 Å². The molecule has 0 radical (unpaired) electrons. The zero-order chi connectivity index (χ0) is 13.5. The molecule has 0 spiro atoms. The van der Waals surface area contributed by atoms with Crippen molar-refractivity contribution in [1.82, 2.24) is 5.32 Å². The van der Waals surface area contributed by atoms with Gasteiger partial charge in [0.1, 0.15) is 0 Å². The van der Waals surface area contributed by atoms with Crippen molar-refractivity contribution in [2.75, 3.05) is 7.11 Å². The van der Waals surface area contributed by atoms with Crippen LogP contribution in [0.25, 0.3) is 0 Å². The average Bonchev–Trinajstić information content (AvgIpc) is 2.36. The molecule has 0 aliphatic rings. The van der Waals surface area contributed by atoms with Crippen LogP contribution in [0.3, 0.4) is 0 Å². The van der Waals surface area contributed by atoms with E-state index in [1.807, 2.05) is 0 Å². The summed E-state index contributed by atoms with van der Waals surface area (Å²) in [5.41, 5.74) is 0.940. The fourth-order valence-corrected chi connectivity index (χ4v) is 1.43. The SMILES string of the molecule is COC(=O)/C=C(\C)NC(C(=O)[O-])c1ccccc1.[Na+]. The zero-order valence-electron chi connectivity index (χ0n) is 11.2. The number of nitrogens with one attached hydrogen (secondary N) is 1. The van der Waals surface area contributed by atoms with Crippen LogP contribution < -0.4 is 40.0 Å². The number of carboxylic acid groups (broad SMARTS) is 1. The van der Waals surface area contributed by atoms with Gasteiger partial charge in [-0.25, -0.2) is 4.79 Å². The van der Waals surface area contributed by atoms with Crippen molar-refractivity contribution in [3.05, 3.63) is 47.7 Å². The van der Waals surface area contributed by atoms with Gasteiger partial charge in [-0.1, -0.05) is 30.3 Å². The number of carbonyl (C=O) groups is 2. The summed E-state index contributed by atoms with van der Waals surface area (Å²) >= 11 is 0. The first-order valence-electron chi connectivity index (χ1n) is 5.33. The van der Waals surface area contributed by atoms with Gasteiger partial charge in [0.25, 0.3) is 0 Å². The molecule has 0 heterocycles. The van der Waals surface area contributed by atoms with Crippen molar-refractivity contribution in [3.8, 4) is 0 Å². The molecule has 1 aromatic carbocycles. The van der Waals surface area contributed by atoms with Crippen LogP contribution in [-0.2, 0) is 14.3 Å². The van der Waals surface area contributed by atoms with Gasteiger partial charge in [0.2, 0.25) is 0 Å². The van der Waals surface area contributed by atoms with Gasteiger partial charge in [-0.2, -0.15) is 0 Å². The maximum Gasteiger partial charge on any atom is 1.00 e. The summed E-state index contributed by atoms with van der Waals surface area (Å²) in [6.45, 7) is 1.58. The Kier molecular flexibility index (Phi) is 8.14. The standard InChI is InChI=1S/C13H15NO4.Na/c1-9(8-11(15)18-2)14-12(13(16)17)10-6-4-3-5-7-10;/h3-8,12,14H,1-2H3,(H,16,17);/q;+1/p-1/b9-8+;. The number of methoxy groups -OCH3 is 1. The quantitative estimate of drug-likeness (QED) is 0.354. The Morgan fingerprint density at radius 1 is 1.32 bits per heavy atom. The summed E-state index contributed by atoms with van der Waals surface area (Å²) < 4.78 is 4.45.